The smallest absolute Gasteiger partial charge is 0.419 e. The largest absolute Gasteiger partial charge is 0.493 e. The van der Waals surface area contributed by atoms with Gasteiger partial charge in [0.25, 0.3) is 0 Å². The summed E-state index contributed by atoms with van der Waals surface area (Å²) in [5.74, 6) is 0.122. The highest BCUT2D eigenvalue weighted by Gasteiger charge is 2.39. The lowest BCUT2D eigenvalue weighted by atomic mass is 9.93. The monoisotopic (exact) mass is 665 g/mol. The van der Waals surface area contributed by atoms with Gasteiger partial charge < -0.3 is 23.0 Å². The quantitative estimate of drug-likeness (QED) is 0.121. The van der Waals surface area contributed by atoms with Crippen LogP contribution in [0.15, 0.2) is 47.5 Å². The zero-order chi connectivity index (χ0) is 33.7. The van der Waals surface area contributed by atoms with E-state index in [0.29, 0.717) is 23.4 Å². The van der Waals surface area contributed by atoms with Gasteiger partial charge in [0.1, 0.15) is 17.9 Å². The maximum absolute atomic E-state index is 14.0. The molecule has 1 aliphatic rings. The molecule has 13 heteroatoms. The van der Waals surface area contributed by atoms with Crippen LogP contribution < -0.4 is 4.74 Å². The van der Waals surface area contributed by atoms with Crippen molar-refractivity contribution in [1.82, 2.24) is 0 Å². The van der Waals surface area contributed by atoms with Crippen LogP contribution in [0.25, 0.3) is 0 Å². The van der Waals surface area contributed by atoms with E-state index in [1.54, 1.807) is 19.1 Å². The third-order valence-corrected chi connectivity index (χ3v) is 8.16. The normalized spacial score (nSPS) is 17.9. The number of hydrogen-bond acceptors (Lipinski definition) is 6. The first-order valence-corrected chi connectivity index (χ1v) is 15.7. The Labute approximate surface area is 262 Å². The molecule has 0 spiro atoms. The van der Waals surface area contributed by atoms with Crippen LogP contribution in [0.4, 0.5) is 26.3 Å². The number of benzene rings is 2. The topological polar surface area (TPSA) is 58.5 Å². The molecule has 0 aromatic heterocycles. The summed E-state index contributed by atoms with van der Waals surface area (Å²) in [4.78, 5) is 4.64. The Kier molecular flexibility index (Phi) is 12.0. The van der Waals surface area contributed by atoms with E-state index in [1.807, 2.05) is 41.5 Å². The fourth-order valence-corrected chi connectivity index (χ4v) is 5.80. The molecule has 1 aliphatic heterocycles. The van der Waals surface area contributed by atoms with Crippen molar-refractivity contribution in [3.8, 4) is 5.75 Å². The number of nitrogens with zero attached hydrogens (tertiary/aromatic N) is 1. The molecule has 252 valence electrons. The second-order valence-corrected chi connectivity index (χ2v) is 14.1. The first-order valence-electron chi connectivity index (χ1n) is 14.6. The molecule has 2 aromatic rings. The van der Waals surface area contributed by atoms with Crippen LogP contribution in [0.2, 0.25) is 0 Å². The predicted molar refractivity (Wildman–Crippen MR) is 161 cm³/mol. The van der Waals surface area contributed by atoms with E-state index in [-0.39, 0.29) is 44.8 Å². The van der Waals surface area contributed by atoms with Gasteiger partial charge in [-0.25, -0.2) is 4.99 Å². The molecule has 2 aromatic carbocycles. The summed E-state index contributed by atoms with van der Waals surface area (Å²) in [6, 6.07) is 8.75. The van der Waals surface area contributed by atoms with Crippen LogP contribution in [-0.2, 0) is 43.5 Å². The van der Waals surface area contributed by atoms with Crippen molar-refractivity contribution in [1.29, 1.82) is 0 Å². The standard InChI is InChI=1S/C32H42F6NO5P/c1-22-39-30(20-41-22,21-42-45(43-28(2,3)4)44-29(5,6)7)16-15-24-13-14-27(26(19-24)32(36,37)38)40-17-9-11-23-10-8-12-25(18-23)31(33,34)35/h8,10,12-14,18-19H,9,11,15-17,20-21H2,1-7H3. The second-order valence-electron chi connectivity index (χ2n) is 13.0. The Morgan fingerprint density at radius 1 is 0.844 bits per heavy atom. The van der Waals surface area contributed by atoms with Crippen LogP contribution in [0.5, 0.6) is 5.75 Å². The Morgan fingerprint density at radius 3 is 2.04 bits per heavy atom. The Balaban J connectivity index is 1.67. The second kappa shape index (κ2) is 14.6. The fourth-order valence-electron chi connectivity index (χ4n) is 4.42. The highest BCUT2D eigenvalue weighted by atomic mass is 31.2. The van der Waals surface area contributed by atoms with Crippen LogP contribution in [0.1, 0.15) is 83.6 Å². The van der Waals surface area contributed by atoms with E-state index in [4.69, 9.17) is 23.0 Å². The number of ether oxygens (including phenoxy) is 2. The Bertz CT molecular complexity index is 1290. The van der Waals surface area contributed by atoms with E-state index in [9.17, 15) is 26.3 Å². The molecule has 0 radical (unpaired) electrons. The molecule has 0 aliphatic carbocycles. The van der Waals surface area contributed by atoms with Gasteiger partial charge in [0.15, 0.2) is 5.90 Å². The van der Waals surface area contributed by atoms with Gasteiger partial charge in [-0.05, 0) is 96.6 Å². The average Bonchev–Trinajstić information content (AvgIpc) is 3.27. The molecule has 0 bridgehead atoms. The average molecular weight is 666 g/mol. The van der Waals surface area contributed by atoms with Gasteiger partial charge in [0, 0.05) is 6.92 Å². The maximum atomic E-state index is 14.0. The highest BCUT2D eigenvalue weighted by molar-refractivity contribution is 7.41. The zero-order valence-corrected chi connectivity index (χ0v) is 27.6. The lowest BCUT2D eigenvalue weighted by molar-refractivity contribution is -0.139. The molecule has 0 saturated carbocycles. The van der Waals surface area contributed by atoms with Crippen molar-refractivity contribution in [2.45, 2.75) is 103 Å². The maximum Gasteiger partial charge on any atom is 0.419 e. The molecule has 0 saturated heterocycles. The molecule has 6 nitrogen and oxygen atoms in total. The van der Waals surface area contributed by atoms with Gasteiger partial charge in [0.2, 0.25) is 0 Å². The summed E-state index contributed by atoms with van der Waals surface area (Å²) in [7, 11) is -1.76. The Morgan fingerprint density at radius 2 is 1.49 bits per heavy atom. The summed E-state index contributed by atoms with van der Waals surface area (Å²) in [5, 5.41) is 0. The van der Waals surface area contributed by atoms with Crippen LogP contribution in [0, 0.1) is 0 Å². The van der Waals surface area contributed by atoms with Gasteiger partial charge in [-0.1, -0.05) is 24.3 Å². The van der Waals surface area contributed by atoms with Crippen molar-refractivity contribution < 1.29 is 49.4 Å². The molecule has 1 atom stereocenters. The molecule has 45 heavy (non-hydrogen) atoms. The van der Waals surface area contributed by atoms with E-state index in [1.165, 1.54) is 12.1 Å². The molecule has 3 rings (SSSR count). The van der Waals surface area contributed by atoms with Gasteiger partial charge in [0.05, 0.1) is 35.5 Å². The van der Waals surface area contributed by atoms with Crippen LogP contribution in [0.3, 0.4) is 0 Å². The lowest BCUT2D eigenvalue weighted by Crippen LogP contribution is -2.35. The predicted octanol–water partition coefficient (Wildman–Crippen LogP) is 9.73. The molecule has 1 unspecified atom stereocenters. The summed E-state index contributed by atoms with van der Waals surface area (Å²) in [6.07, 6.45) is -8.10. The highest BCUT2D eigenvalue weighted by Crippen LogP contribution is 2.48. The van der Waals surface area contributed by atoms with Crippen molar-refractivity contribution >= 4 is 14.5 Å². The van der Waals surface area contributed by atoms with E-state index < -0.39 is 48.8 Å². The molecular weight excluding hydrogens is 623 g/mol. The van der Waals surface area contributed by atoms with Crippen LogP contribution in [-0.4, -0.2) is 42.5 Å². The van der Waals surface area contributed by atoms with Crippen molar-refractivity contribution in [3.05, 3.63) is 64.7 Å². The SMILES string of the molecule is CC1=NC(CCc2ccc(OCCCc3cccc(C(F)(F)F)c3)c(C(F)(F)F)c2)(COP(OC(C)(C)C)OC(C)(C)C)CO1. The van der Waals surface area contributed by atoms with E-state index in [2.05, 4.69) is 4.99 Å². The van der Waals surface area contributed by atoms with Gasteiger partial charge in [-0.3, -0.25) is 0 Å². The van der Waals surface area contributed by atoms with Crippen molar-refractivity contribution in [3.63, 3.8) is 0 Å². The van der Waals surface area contributed by atoms with E-state index in [0.717, 1.165) is 18.2 Å². The molecule has 0 fully saturated rings. The van der Waals surface area contributed by atoms with Crippen molar-refractivity contribution in [2.75, 3.05) is 19.8 Å². The number of alkyl halides is 6. The molecular formula is C32H42F6NO5P. The number of aliphatic imine (C=N–C) groups is 1. The third-order valence-electron chi connectivity index (χ3n) is 6.43. The van der Waals surface area contributed by atoms with Crippen LogP contribution >= 0.6 is 8.60 Å². The molecule has 0 N–H and O–H groups in total. The zero-order valence-electron chi connectivity index (χ0n) is 26.7. The first kappa shape index (κ1) is 37.1. The third kappa shape index (κ3) is 12.4. The number of halogens is 6. The summed E-state index contributed by atoms with van der Waals surface area (Å²) in [6.45, 7) is 13.2. The minimum Gasteiger partial charge on any atom is -0.493 e. The molecule has 0 amide bonds. The number of aryl methyl sites for hydroxylation is 2. The summed E-state index contributed by atoms with van der Waals surface area (Å²) < 4.78 is 110. The Hall–Kier alpha value is -2.40. The summed E-state index contributed by atoms with van der Waals surface area (Å²) >= 11 is 0. The summed E-state index contributed by atoms with van der Waals surface area (Å²) in [5.41, 5.74) is -2.76. The number of hydrogen-bond donors (Lipinski definition) is 0. The lowest BCUT2D eigenvalue weighted by Gasteiger charge is -2.32. The van der Waals surface area contributed by atoms with Gasteiger partial charge >= 0.3 is 21.0 Å². The number of rotatable bonds is 13. The van der Waals surface area contributed by atoms with Gasteiger partial charge in [-0.2, -0.15) is 26.3 Å². The molecule has 1 heterocycles. The van der Waals surface area contributed by atoms with E-state index >= 15 is 0 Å². The minimum absolute atomic E-state index is 0.0847. The van der Waals surface area contributed by atoms with Gasteiger partial charge in [-0.15, -0.1) is 0 Å². The minimum atomic E-state index is -4.68. The fraction of sp³-hybridized carbons (Fsp3) is 0.594. The van der Waals surface area contributed by atoms with Crippen molar-refractivity contribution in [2.24, 2.45) is 4.99 Å². The first-order chi connectivity index (χ1) is 20.6.